The third-order valence-electron chi connectivity index (χ3n) is 2.65. The van der Waals surface area contributed by atoms with E-state index in [1.807, 2.05) is 31.2 Å². The fourth-order valence-corrected chi connectivity index (χ4v) is 1.65. The Morgan fingerprint density at radius 3 is 2.12 bits per heavy atom. The van der Waals surface area contributed by atoms with E-state index in [0.717, 1.165) is 5.56 Å². The number of hydrogen-bond acceptors (Lipinski definition) is 2. The molecule has 0 N–H and O–H groups in total. The Bertz CT molecular complexity index is 428. The lowest BCUT2D eigenvalue weighted by atomic mass is 10.1. The van der Waals surface area contributed by atoms with Crippen LogP contribution in [-0.2, 0) is 16.0 Å². The molecule has 0 bridgehead atoms. The maximum atomic E-state index is 11.3. The molecule has 1 aliphatic rings. The Hall–Kier alpha value is -1.90. The van der Waals surface area contributed by atoms with Gasteiger partial charge in [-0.15, -0.1) is 0 Å². The van der Waals surface area contributed by atoms with E-state index in [4.69, 9.17) is 0 Å². The number of amides is 2. The number of imide groups is 1. The minimum Gasteiger partial charge on any atom is -0.275 e. The van der Waals surface area contributed by atoms with Crippen molar-refractivity contribution in [1.82, 2.24) is 4.90 Å². The lowest BCUT2D eigenvalue weighted by Gasteiger charge is -2.13. The van der Waals surface area contributed by atoms with Crippen LogP contribution in [-0.4, -0.2) is 23.3 Å². The summed E-state index contributed by atoms with van der Waals surface area (Å²) in [5.74, 6) is -0.422. The van der Waals surface area contributed by atoms with Crippen LogP contribution in [0.4, 0.5) is 0 Å². The highest BCUT2D eigenvalue weighted by Gasteiger charge is 2.22. The minimum atomic E-state index is -0.211. The van der Waals surface area contributed by atoms with E-state index in [2.05, 4.69) is 0 Å². The van der Waals surface area contributed by atoms with Crippen molar-refractivity contribution in [3.63, 3.8) is 0 Å². The van der Waals surface area contributed by atoms with Gasteiger partial charge in [-0.1, -0.05) is 29.8 Å². The molecule has 0 radical (unpaired) electrons. The third kappa shape index (κ3) is 2.19. The summed E-state index contributed by atoms with van der Waals surface area (Å²) < 4.78 is 0. The number of benzene rings is 1. The predicted octanol–water partition coefficient (Wildman–Crippen LogP) is 1.46. The van der Waals surface area contributed by atoms with Crippen molar-refractivity contribution >= 4 is 11.8 Å². The summed E-state index contributed by atoms with van der Waals surface area (Å²) in [6, 6.07) is 8.10. The lowest BCUT2D eigenvalue weighted by molar-refractivity contribution is -0.136. The Kier molecular flexibility index (Phi) is 2.86. The van der Waals surface area contributed by atoms with E-state index < -0.39 is 0 Å². The molecule has 16 heavy (non-hydrogen) atoms. The quantitative estimate of drug-likeness (QED) is 0.716. The Morgan fingerprint density at radius 2 is 1.56 bits per heavy atom. The van der Waals surface area contributed by atoms with Gasteiger partial charge in [0.05, 0.1) is 0 Å². The maximum Gasteiger partial charge on any atom is 0.253 e. The molecule has 0 unspecified atom stereocenters. The van der Waals surface area contributed by atoms with Crippen LogP contribution in [0.1, 0.15) is 11.1 Å². The molecule has 3 heteroatoms. The average Bonchev–Trinajstić information content (AvgIpc) is 2.59. The largest absolute Gasteiger partial charge is 0.275 e. The molecule has 82 valence electrons. The first kappa shape index (κ1) is 10.6. The Balaban J connectivity index is 1.95. The van der Waals surface area contributed by atoms with Gasteiger partial charge in [0.15, 0.2) is 0 Å². The van der Waals surface area contributed by atoms with Crippen molar-refractivity contribution in [2.75, 3.05) is 6.54 Å². The van der Waals surface area contributed by atoms with Crippen LogP contribution < -0.4 is 0 Å². The fourth-order valence-electron chi connectivity index (χ4n) is 1.65. The van der Waals surface area contributed by atoms with E-state index in [0.29, 0.717) is 13.0 Å². The van der Waals surface area contributed by atoms with Gasteiger partial charge in [0.2, 0.25) is 0 Å². The van der Waals surface area contributed by atoms with Gasteiger partial charge in [0.25, 0.3) is 11.8 Å². The van der Waals surface area contributed by atoms with Crippen LogP contribution in [0.5, 0.6) is 0 Å². The van der Waals surface area contributed by atoms with Gasteiger partial charge in [0.1, 0.15) is 0 Å². The summed E-state index contributed by atoms with van der Waals surface area (Å²) in [5.41, 5.74) is 2.34. The summed E-state index contributed by atoms with van der Waals surface area (Å²) in [7, 11) is 0. The monoisotopic (exact) mass is 215 g/mol. The van der Waals surface area contributed by atoms with Crippen molar-refractivity contribution in [1.29, 1.82) is 0 Å². The van der Waals surface area contributed by atoms with Crippen LogP contribution in [0.15, 0.2) is 36.4 Å². The van der Waals surface area contributed by atoms with Gasteiger partial charge in [-0.2, -0.15) is 0 Å². The molecule has 0 spiro atoms. The number of rotatable bonds is 3. The highest BCUT2D eigenvalue weighted by atomic mass is 16.2. The summed E-state index contributed by atoms with van der Waals surface area (Å²) >= 11 is 0. The zero-order chi connectivity index (χ0) is 11.5. The normalized spacial score (nSPS) is 14.9. The number of aryl methyl sites for hydroxylation is 1. The van der Waals surface area contributed by atoms with Gasteiger partial charge >= 0.3 is 0 Å². The van der Waals surface area contributed by atoms with E-state index in [1.54, 1.807) is 0 Å². The molecular formula is C13H13NO2. The molecule has 0 atom stereocenters. The highest BCUT2D eigenvalue weighted by Crippen LogP contribution is 2.08. The standard InChI is InChI=1S/C13H13NO2/c1-10-2-4-11(5-3-10)8-9-14-12(15)6-7-13(14)16/h2-7H,8-9H2,1H3. The van der Waals surface area contributed by atoms with Gasteiger partial charge in [-0.05, 0) is 18.9 Å². The second-order valence-electron chi connectivity index (χ2n) is 3.90. The zero-order valence-corrected chi connectivity index (χ0v) is 9.14. The summed E-state index contributed by atoms with van der Waals surface area (Å²) in [6.07, 6.45) is 3.34. The summed E-state index contributed by atoms with van der Waals surface area (Å²) in [5, 5.41) is 0. The highest BCUT2D eigenvalue weighted by molar-refractivity contribution is 6.12. The second-order valence-corrected chi connectivity index (χ2v) is 3.90. The number of carbonyl (C=O) groups excluding carboxylic acids is 2. The number of hydrogen-bond donors (Lipinski definition) is 0. The SMILES string of the molecule is Cc1ccc(CCN2C(=O)C=CC2=O)cc1. The number of carbonyl (C=O) groups is 2. The summed E-state index contributed by atoms with van der Waals surface area (Å²) in [6.45, 7) is 2.48. The predicted molar refractivity (Wildman–Crippen MR) is 60.7 cm³/mol. The molecular weight excluding hydrogens is 202 g/mol. The molecule has 1 heterocycles. The van der Waals surface area contributed by atoms with Crippen LogP contribution >= 0.6 is 0 Å². The van der Waals surface area contributed by atoms with Crippen molar-refractivity contribution < 1.29 is 9.59 Å². The molecule has 1 aliphatic heterocycles. The second kappa shape index (κ2) is 4.31. The molecule has 0 aliphatic carbocycles. The van der Waals surface area contributed by atoms with Gasteiger partial charge in [-0.25, -0.2) is 0 Å². The van der Waals surface area contributed by atoms with Gasteiger partial charge in [0, 0.05) is 18.7 Å². The van der Waals surface area contributed by atoms with Crippen molar-refractivity contribution in [2.24, 2.45) is 0 Å². The molecule has 1 aromatic rings. The van der Waals surface area contributed by atoms with Crippen molar-refractivity contribution in [2.45, 2.75) is 13.3 Å². The van der Waals surface area contributed by atoms with Crippen LogP contribution in [0.3, 0.4) is 0 Å². The van der Waals surface area contributed by atoms with Gasteiger partial charge in [-0.3, -0.25) is 14.5 Å². The van der Waals surface area contributed by atoms with E-state index >= 15 is 0 Å². The van der Waals surface area contributed by atoms with Crippen LogP contribution in [0, 0.1) is 6.92 Å². The first-order chi connectivity index (χ1) is 7.66. The minimum absolute atomic E-state index is 0.211. The topological polar surface area (TPSA) is 37.4 Å². The smallest absolute Gasteiger partial charge is 0.253 e. The average molecular weight is 215 g/mol. The molecule has 0 saturated carbocycles. The number of nitrogens with zero attached hydrogens (tertiary/aromatic N) is 1. The van der Waals surface area contributed by atoms with Crippen molar-refractivity contribution in [3.8, 4) is 0 Å². The fraction of sp³-hybridized carbons (Fsp3) is 0.231. The Morgan fingerprint density at radius 1 is 1.00 bits per heavy atom. The first-order valence-corrected chi connectivity index (χ1v) is 5.26. The molecule has 1 aromatic carbocycles. The van der Waals surface area contributed by atoms with Crippen molar-refractivity contribution in [3.05, 3.63) is 47.5 Å². The molecule has 3 nitrogen and oxygen atoms in total. The summed E-state index contributed by atoms with van der Waals surface area (Å²) in [4.78, 5) is 23.8. The van der Waals surface area contributed by atoms with E-state index in [-0.39, 0.29) is 11.8 Å². The van der Waals surface area contributed by atoms with Crippen LogP contribution in [0.2, 0.25) is 0 Å². The van der Waals surface area contributed by atoms with E-state index in [9.17, 15) is 9.59 Å². The molecule has 0 fully saturated rings. The molecule has 0 aromatic heterocycles. The lowest BCUT2D eigenvalue weighted by Crippen LogP contribution is -2.31. The van der Waals surface area contributed by atoms with E-state index in [1.165, 1.54) is 22.6 Å². The molecule has 2 rings (SSSR count). The Labute approximate surface area is 94.4 Å². The first-order valence-electron chi connectivity index (χ1n) is 5.26. The molecule has 0 saturated heterocycles. The van der Waals surface area contributed by atoms with Crippen LogP contribution in [0.25, 0.3) is 0 Å². The molecule has 2 amide bonds. The maximum absolute atomic E-state index is 11.3. The zero-order valence-electron chi connectivity index (χ0n) is 9.14. The third-order valence-corrected chi connectivity index (χ3v) is 2.65. The van der Waals surface area contributed by atoms with Gasteiger partial charge < -0.3 is 0 Å².